The summed E-state index contributed by atoms with van der Waals surface area (Å²) in [5.41, 5.74) is 3.17. The van der Waals surface area contributed by atoms with E-state index in [1.165, 1.54) is 5.56 Å². The molecule has 2 aromatic heterocycles. The molecule has 1 atom stereocenters. The molecule has 1 aliphatic heterocycles. The van der Waals surface area contributed by atoms with Crippen molar-refractivity contribution >= 4 is 16.9 Å². The normalized spacial score (nSPS) is 19.1. The number of piperazine rings is 1. The molecule has 24 heavy (non-hydrogen) atoms. The van der Waals surface area contributed by atoms with Crippen LogP contribution in [0.4, 0.5) is 5.82 Å². The molecule has 6 heteroatoms. The highest BCUT2D eigenvalue weighted by Gasteiger charge is 2.25. The number of aryl methyl sites for hydroxylation is 1. The quantitative estimate of drug-likeness (QED) is 0.739. The number of hydrogen-bond donors (Lipinski definition) is 0. The molecular formula is C18H22N6. The van der Waals surface area contributed by atoms with Crippen LogP contribution in [0, 0.1) is 0 Å². The maximum absolute atomic E-state index is 4.78. The first-order chi connectivity index (χ1) is 11.7. The standard InChI is InChI=1S/C18H22N6/c1-14-11-24(8-7-23(14)13-15-9-20-22(2)12-15)18-10-19-16-5-3-4-6-17(16)21-18/h3-6,9-10,12,14H,7-8,11,13H2,1-2H3. The molecule has 1 fully saturated rings. The van der Waals surface area contributed by atoms with Crippen LogP contribution in [0.2, 0.25) is 0 Å². The summed E-state index contributed by atoms with van der Waals surface area (Å²) < 4.78 is 1.86. The van der Waals surface area contributed by atoms with E-state index in [9.17, 15) is 0 Å². The van der Waals surface area contributed by atoms with Gasteiger partial charge in [0, 0.05) is 51.0 Å². The van der Waals surface area contributed by atoms with Crippen molar-refractivity contribution in [3.63, 3.8) is 0 Å². The van der Waals surface area contributed by atoms with Crippen molar-refractivity contribution in [1.82, 2.24) is 24.6 Å². The van der Waals surface area contributed by atoms with Crippen molar-refractivity contribution < 1.29 is 0 Å². The predicted molar refractivity (Wildman–Crippen MR) is 94.8 cm³/mol. The van der Waals surface area contributed by atoms with Crippen LogP contribution in [0.25, 0.3) is 11.0 Å². The number of nitrogens with zero attached hydrogens (tertiary/aromatic N) is 6. The van der Waals surface area contributed by atoms with Crippen LogP contribution in [0.5, 0.6) is 0 Å². The second-order valence-electron chi connectivity index (χ2n) is 6.50. The van der Waals surface area contributed by atoms with Crippen LogP contribution in [0.15, 0.2) is 42.9 Å². The minimum atomic E-state index is 0.465. The van der Waals surface area contributed by atoms with Gasteiger partial charge in [0.15, 0.2) is 0 Å². The SMILES string of the molecule is CC1CN(c2cnc3ccccc3n2)CCN1Cc1cnn(C)c1. The summed E-state index contributed by atoms with van der Waals surface area (Å²) in [5, 5.41) is 4.26. The van der Waals surface area contributed by atoms with Crippen molar-refractivity contribution in [3.05, 3.63) is 48.4 Å². The molecule has 1 aliphatic rings. The molecule has 1 aromatic carbocycles. The Labute approximate surface area is 141 Å². The van der Waals surface area contributed by atoms with Crippen molar-refractivity contribution in [1.29, 1.82) is 0 Å². The molecule has 3 heterocycles. The lowest BCUT2D eigenvalue weighted by Gasteiger charge is -2.40. The van der Waals surface area contributed by atoms with Gasteiger partial charge in [0.25, 0.3) is 0 Å². The number of rotatable bonds is 3. The Balaban J connectivity index is 1.47. The second kappa shape index (κ2) is 6.20. The van der Waals surface area contributed by atoms with E-state index >= 15 is 0 Å². The molecule has 4 rings (SSSR count). The zero-order valence-corrected chi connectivity index (χ0v) is 14.1. The summed E-state index contributed by atoms with van der Waals surface area (Å²) in [6.07, 6.45) is 5.94. The number of anilines is 1. The molecule has 1 unspecified atom stereocenters. The molecule has 3 aromatic rings. The largest absolute Gasteiger partial charge is 0.352 e. The smallest absolute Gasteiger partial charge is 0.147 e. The van der Waals surface area contributed by atoms with Gasteiger partial charge in [0.1, 0.15) is 5.82 Å². The maximum atomic E-state index is 4.78. The minimum Gasteiger partial charge on any atom is -0.352 e. The third-order valence-electron chi connectivity index (χ3n) is 4.67. The van der Waals surface area contributed by atoms with Crippen LogP contribution in [-0.4, -0.2) is 50.3 Å². The Morgan fingerprint density at radius 1 is 1.12 bits per heavy atom. The number of para-hydroxylation sites is 2. The van der Waals surface area contributed by atoms with Gasteiger partial charge in [-0.05, 0) is 19.1 Å². The molecule has 6 nitrogen and oxygen atoms in total. The summed E-state index contributed by atoms with van der Waals surface area (Å²) in [6, 6.07) is 8.49. The molecule has 1 saturated heterocycles. The van der Waals surface area contributed by atoms with Gasteiger partial charge in [-0.25, -0.2) is 4.98 Å². The van der Waals surface area contributed by atoms with Crippen LogP contribution in [0.1, 0.15) is 12.5 Å². The topological polar surface area (TPSA) is 50.1 Å². The van der Waals surface area contributed by atoms with E-state index in [4.69, 9.17) is 4.98 Å². The first-order valence-electron chi connectivity index (χ1n) is 8.37. The van der Waals surface area contributed by atoms with E-state index in [0.29, 0.717) is 6.04 Å². The van der Waals surface area contributed by atoms with Crippen molar-refractivity contribution in [2.24, 2.45) is 7.05 Å². The fourth-order valence-electron chi connectivity index (χ4n) is 3.33. The number of hydrogen-bond acceptors (Lipinski definition) is 5. The number of benzene rings is 1. The summed E-state index contributed by atoms with van der Waals surface area (Å²) >= 11 is 0. The highest BCUT2D eigenvalue weighted by Crippen LogP contribution is 2.20. The average Bonchev–Trinajstić information content (AvgIpc) is 3.01. The zero-order valence-electron chi connectivity index (χ0n) is 14.1. The third kappa shape index (κ3) is 2.97. The van der Waals surface area contributed by atoms with Crippen LogP contribution in [-0.2, 0) is 13.6 Å². The van der Waals surface area contributed by atoms with Gasteiger partial charge in [-0.1, -0.05) is 12.1 Å². The van der Waals surface area contributed by atoms with E-state index in [2.05, 4.69) is 33.0 Å². The van der Waals surface area contributed by atoms with Gasteiger partial charge >= 0.3 is 0 Å². The Bertz CT molecular complexity index is 842. The van der Waals surface area contributed by atoms with Gasteiger partial charge < -0.3 is 4.90 Å². The molecule has 0 aliphatic carbocycles. The van der Waals surface area contributed by atoms with Crippen LogP contribution < -0.4 is 4.90 Å². The van der Waals surface area contributed by atoms with Crippen molar-refractivity contribution in [2.75, 3.05) is 24.5 Å². The molecule has 0 amide bonds. The van der Waals surface area contributed by atoms with Gasteiger partial charge in [0.05, 0.1) is 23.4 Å². The summed E-state index contributed by atoms with van der Waals surface area (Å²) in [5.74, 6) is 0.974. The Hall–Kier alpha value is -2.47. The maximum Gasteiger partial charge on any atom is 0.147 e. The Kier molecular flexibility index (Phi) is 3.90. The van der Waals surface area contributed by atoms with E-state index in [1.54, 1.807) is 0 Å². The Morgan fingerprint density at radius 3 is 2.71 bits per heavy atom. The highest BCUT2D eigenvalue weighted by atomic mass is 15.3. The molecule has 0 bridgehead atoms. The molecular weight excluding hydrogens is 300 g/mol. The Morgan fingerprint density at radius 2 is 1.96 bits per heavy atom. The fourth-order valence-corrected chi connectivity index (χ4v) is 3.33. The predicted octanol–water partition coefficient (Wildman–Crippen LogP) is 2.07. The molecule has 0 N–H and O–H groups in total. The zero-order chi connectivity index (χ0) is 16.5. The van der Waals surface area contributed by atoms with Gasteiger partial charge in [-0.3, -0.25) is 14.6 Å². The van der Waals surface area contributed by atoms with Crippen molar-refractivity contribution in [2.45, 2.75) is 19.5 Å². The lowest BCUT2D eigenvalue weighted by Crippen LogP contribution is -2.51. The second-order valence-corrected chi connectivity index (χ2v) is 6.50. The van der Waals surface area contributed by atoms with Gasteiger partial charge in [0.2, 0.25) is 0 Å². The monoisotopic (exact) mass is 322 g/mol. The van der Waals surface area contributed by atoms with Crippen molar-refractivity contribution in [3.8, 4) is 0 Å². The van der Waals surface area contributed by atoms with E-state index in [1.807, 2.05) is 48.4 Å². The molecule has 0 spiro atoms. The summed E-state index contributed by atoms with van der Waals surface area (Å²) in [7, 11) is 1.96. The minimum absolute atomic E-state index is 0.465. The van der Waals surface area contributed by atoms with E-state index in [-0.39, 0.29) is 0 Å². The van der Waals surface area contributed by atoms with E-state index in [0.717, 1.165) is 43.0 Å². The number of fused-ring (bicyclic) bond motifs is 1. The third-order valence-corrected chi connectivity index (χ3v) is 4.67. The fraction of sp³-hybridized carbons (Fsp3) is 0.389. The average molecular weight is 322 g/mol. The van der Waals surface area contributed by atoms with Crippen LogP contribution >= 0.6 is 0 Å². The summed E-state index contributed by atoms with van der Waals surface area (Å²) in [6.45, 7) is 6.18. The number of aromatic nitrogens is 4. The molecule has 0 radical (unpaired) electrons. The molecule has 124 valence electrons. The first kappa shape index (κ1) is 15.1. The van der Waals surface area contributed by atoms with Gasteiger partial charge in [-0.15, -0.1) is 0 Å². The first-order valence-corrected chi connectivity index (χ1v) is 8.37. The lowest BCUT2D eigenvalue weighted by atomic mass is 10.1. The summed E-state index contributed by atoms with van der Waals surface area (Å²) in [4.78, 5) is 14.2. The highest BCUT2D eigenvalue weighted by molar-refractivity contribution is 5.75. The lowest BCUT2D eigenvalue weighted by molar-refractivity contribution is 0.180. The van der Waals surface area contributed by atoms with Crippen LogP contribution in [0.3, 0.4) is 0 Å². The van der Waals surface area contributed by atoms with E-state index < -0.39 is 0 Å². The molecule has 0 saturated carbocycles. The van der Waals surface area contributed by atoms with Gasteiger partial charge in [-0.2, -0.15) is 5.10 Å².